The molecule has 0 atom stereocenters. The van der Waals surface area contributed by atoms with Crippen LogP contribution in [0.4, 0.5) is 0 Å². The smallest absolute Gasteiger partial charge is 0.253 e. The Morgan fingerprint density at radius 2 is 1.69 bits per heavy atom. The van der Waals surface area contributed by atoms with Crippen molar-refractivity contribution in [3.63, 3.8) is 0 Å². The maximum atomic E-state index is 13.0. The number of fused-ring (bicyclic) bond motifs is 1. The predicted molar refractivity (Wildman–Crippen MR) is 138 cm³/mol. The van der Waals surface area contributed by atoms with Gasteiger partial charge in [-0.05, 0) is 81.7 Å². The maximum Gasteiger partial charge on any atom is 0.253 e. The van der Waals surface area contributed by atoms with Gasteiger partial charge >= 0.3 is 0 Å². The van der Waals surface area contributed by atoms with Gasteiger partial charge in [-0.2, -0.15) is 0 Å². The molecule has 35 heavy (non-hydrogen) atoms. The van der Waals surface area contributed by atoms with E-state index in [1.165, 1.54) is 16.7 Å². The number of amides is 1. The van der Waals surface area contributed by atoms with E-state index in [0.29, 0.717) is 19.0 Å². The molecule has 2 aromatic carbocycles. The van der Waals surface area contributed by atoms with Crippen molar-refractivity contribution in [1.29, 1.82) is 0 Å². The van der Waals surface area contributed by atoms with Gasteiger partial charge in [-0.1, -0.05) is 23.3 Å². The lowest BCUT2D eigenvalue weighted by atomic mass is 10.1. The fourth-order valence-corrected chi connectivity index (χ4v) is 4.25. The van der Waals surface area contributed by atoms with Crippen molar-refractivity contribution in [2.45, 2.75) is 40.2 Å². The number of hydrogen-bond donors (Lipinski definition) is 0. The Morgan fingerprint density at radius 3 is 2.43 bits per heavy atom. The number of carbonyl (C=O) groups excluding carboxylic acids is 1. The van der Waals surface area contributed by atoms with Crippen molar-refractivity contribution < 1.29 is 19.0 Å². The zero-order chi connectivity index (χ0) is 24.6. The van der Waals surface area contributed by atoms with Gasteiger partial charge in [-0.15, -0.1) is 0 Å². The molecular weight excluding hydrogens is 440 g/mol. The van der Waals surface area contributed by atoms with Crippen molar-refractivity contribution in [3.05, 3.63) is 76.9 Å². The first-order chi connectivity index (χ1) is 17.0. The quantitative estimate of drug-likeness (QED) is 0.451. The summed E-state index contributed by atoms with van der Waals surface area (Å²) < 4.78 is 16.7. The summed E-state index contributed by atoms with van der Waals surface area (Å²) in [5, 5.41) is 0. The van der Waals surface area contributed by atoms with Gasteiger partial charge in [0.2, 0.25) is 6.79 Å². The second kappa shape index (κ2) is 11.9. The molecule has 0 aliphatic carbocycles. The van der Waals surface area contributed by atoms with Crippen LogP contribution in [-0.4, -0.2) is 55.3 Å². The lowest BCUT2D eigenvalue weighted by molar-refractivity contribution is 0.0628. The zero-order valence-corrected chi connectivity index (χ0v) is 21.1. The van der Waals surface area contributed by atoms with Crippen LogP contribution in [0, 0.1) is 0 Å². The summed E-state index contributed by atoms with van der Waals surface area (Å²) in [6.07, 6.45) is 6.49. The molecule has 1 saturated heterocycles. The molecule has 0 bridgehead atoms. The number of hydrogen-bond acceptors (Lipinski definition) is 5. The van der Waals surface area contributed by atoms with Gasteiger partial charge in [-0.25, -0.2) is 0 Å². The highest BCUT2D eigenvalue weighted by Gasteiger charge is 2.23. The molecule has 1 amide bonds. The van der Waals surface area contributed by atoms with Gasteiger partial charge in [0.1, 0.15) is 12.4 Å². The van der Waals surface area contributed by atoms with Crippen LogP contribution in [0.1, 0.15) is 49.5 Å². The molecule has 6 heteroatoms. The van der Waals surface area contributed by atoms with Crippen molar-refractivity contribution in [2.75, 3.05) is 39.6 Å². The van der Waals surface area contributed by atoms with E-state index >= 15 is 0 Å². The molecule has 0 spiro atoms. The van der Waals surface area contributed by atoms with Crippen molar-refractivity contribution in [2.24, 2.45) is 0 Å². The average Bonchev–Trinajstić information content (AvgIpc) is 3.32. The number of rotatable bonds is 9. The van der Waals surface area contributed by atoms with E-state index < -0.39 is 0 Å². The number of nitrogens with zero attached hydrogens (tertiary/aromatic N) is 2. The van der Waals surface area contributed by atoms with E-state index in [0.717, 1.165) is 62.8 Å². The Morgan fingerprint density at radius 1 is 0.943 bits per heavy atom. The molecule has 0 radical (unpaired) electrons. The fourth-order valence-electron chi connectivity index (χ4n) is 4.25. The van der Waals surface area contributed by atoms with Crippen LogP contribution in [0.5, 0.6) is 17.2 Å². The minimum absolute atomic E-state index is 0.0780. The van der Waals surface area contributed by atoms with Crippen LogP contribution in [0.2, 0.25) is 0 Å². The fraction of sp³-hybridized carbons (Fsp3) is 0.414. The minimum atomic E-state index is 0.0780. The zero-order valence-electron chi connectivity index (χ0n) is 21.1. The molecule has 2 aliphatic heterocycles. The summed E-state index contributed by atoms with van der Waals surface area (Å²) >= 11 is 0. The van der Waals surface area contributed by atoms with Crippen molar-refractivity contribution in [1.82, 2.24) is 9.80 Å². The lowest BCUT2D eigenvalue weighted by Crippen LogP contribution is -2.48. The van der Waals surface area contributed by atoms with Gasteiger partial charge in [0.05, 0.1) is 0 Å². The molecule has 2 aliphatic rings. The maximum absolute atomic E-state index is 13.0. The van der Waals surface area contributed by atoms with Crippen LogP contribution < -0.4 is 14.2 Å². The third-order valence-corrected chi connectivity index (χ3v) is 6.38. The minimum Gasteiger partial charge on any atom is -0.490 e. The van der Waals surface area contributed by atoms with Gasteiger partial charge in [0.25, 0.3) is 5.91 Å². The Kier molecular flexibility index (Phi) is 8.48. The second-order valence-corrected chi connectivity index (χ2v) is 9.46. The predicted octanol–water partition coefficient (Wildman–Crippen LogP) is 5.44. The molecule has 0 saturated carbocycles. The Labute approximate surface area is 208 Å². The summed E-state index contributed by atoms with van der Waals surface area (Å²) in [4.78, 5) is 17.3. The summed E-state index contributed by atoms with van der Waals surface area (Å²) in [5.74, 6) is 2.48. The van der Waals surface area contributed by atoms with E-state index in [4.69, 9.17) is 14.2 Å². The SMILES string of the molecule is CC(C)=CCC/C(C)=C/COc1ccc(C(=O)N2CCN(Cc3ccc4c(c3)OCO4)CC2)cc1. The highest BCUT2D eigenvalue weighted by atomic mass is 16.7. The Bertz CT molecular complexity index is 1060. The van der Waals surface area contributed by atoms with Crippen molar-refractivity contribution >= 4 is 5.91 Å². The first-order valence-electron chi connectivity index (χ1n) is 12.4. The first-order valence-corrected chi connectivity index (χ1v) is 12.4. The van der Waals surface area contributed by atoms with E-state index in [2.05, 4.69) is 43.9 Å². The van der Waals surface area contributed by atoms with Crippen LogP contribution in [0.15, 0.2) is 65.8 Å². The van der Waals surface area contributed by atoms with Gasteiger partial charge in [-0.3, -0.25) is 9.69 Å². The molecule has 0 aromatic heterocycles. The van der Waals surface area contributed by atoms with Gasteiger partial charge < -0.3 is 19.1 Å². The Balaban J connectivity index is 1.21. The molecule has 2 aromatic rings. The van der Waals surface area contributed by atoms with E-state index in [-0.39, 0.29) is 5.91 Å². The highest BCUT2D eigenvalue weighted by Crippen LogP contribution is 2.32. The van der Waals surface area contributed by atoms with E-state index in [1.807, 2.05) is 41.3 Å². The monoisotopic (exact) mass is 476 g/mol. The number of carbonyl (C=O) groups is 1. The number of allylic oxidation sites excluding steroid dienone is 3. The molecule has 1 fully saturated rings. The standard InChI is InChI=1S/C29H36N2O4/c1-22(2)5-4-6-23(3)13-18-33-26-10-8-25(9-11-26)29(32)31-16-14-30(15-17-31)20-24-7-12-27-28(19-24)35-21-34-27/h5,7-13,19H,4,6,14-18,20-21H2,1-3H3/b23-13+. The molecular formula is C29H36N2O4. The third-order valence-electron chi connectivity index (χ3n) is 6.38. The highest BCUT2D eigenvalue weighted by molar-refractivity contribution is 5.94. The molecule has 6 nitrogen and oxygen atoms in total. The third kappa shape index (κ3) is 7.12. The summed E-state index contributed by atoms with van der Waals surface area (Å²) in [7, 11) is 0. The number of piperazine rings is 1. The largest absolute Gasteiger partial charge is 0.490 e. The lowest BCUT2D eigenvalue weighted by Gasteiger charge is -2.34. The van der Waals surface area contributed by atoms with Crippen LogP contribution in [0.25, 0.3) is 0 Å². The second-order valence-electron chi connectivity index (χ2n) is 9.46. The first kappa shape index (κ1) is 24.9. The van der Waals surface area contributed by atoms with E-state index in [1.54, 1.807) is 0 Å². The van der Waals surface area contributed by atoms with Crippen LogP contribution in [-0.2, 0) is 6.54 Å². The van der Waals surface area contributed by atoms with Crippen molar-refractivity contribution in [3.8, 4) is 17.2 Å². The normalized spacial score (nSPS) is 15.7. The number of benzene rings is 2. The molecule has 4 rings (SSSR count). The Hall–Kier alpha value is -3.25. The number of ether oxygens (including phenoxy) is 3. The van der Waals surface area contributed by atoms with Gasteiger partial charge in [0.15, 0.2) is 11.5 Å². The molecule has 2 heterocycles. The summed E-state index contributed by atoms with van der Waals surface area (Å²) in [6, 6.07) is 13.6. The van der Waals surface area contributed by atoms with E-state index in [9.17, 15) is 4.79 Å². The average molecular weight is 477 g/mol. The summed E-state index contributed by atoms with van der Waals surface area (Å²) in [6.45, 7) is 11.2. The summed E-state index contributed by atoms with van der Waals surface area (Å²) in [5.41, 5.74) is 4.58. The molecule has 186 valence electrons. The molecule has 0 N–H and O–H groups in total. The van der Waals surface area contributed by atoms with Crippen LogP contribution >= 0.6 is 0 Å². The topological polar surface area (TPSA) is 51.2 Å². The van der Waals surface area contributed by atoms with Crippen LogP contribution in [0.3, 0.4) is 0 Å². The molecule has 0 unspecified atom stereocenters. The van der Waals surface area contributed by atoms with Gasteiger partial charge in [0, 0.05) is 38.3 Å².